The SMILES string of the molecule is CN(C)c1ncnc2[nH]cc(Br)c12. The first-order chi connectivity index (χ1) is 6.20. The Bertz CT molecular complexity index is 435. The summed E-state index contributed by atoms with van der Waals surface area (Å²) in [7, 11) is 3.92. The van der Waals surface area contributed by atoms with Crippen molar-refractivity contribution in [2.24, 2.45) is 0 Å². The number of nitrogens with zero attached hydrogens (tertiary/aromatic N) is 3. The van der Waals surface area contributed by atoms with Gasteiger partial charge in [0.15, 0.2) is 0 Å². The molecular weight excluding hydrogens is 232 g/mol. The van der Waals surface area contributed by atoms with Gasteiger partial charge in [-0.3, -0.25) is 0 Å². The van der Waals surface area contributed by atoms with Crippen molar-refractivity contribution in [1.29, 1.82) is 0 Å². The lowest BCUT2D eigenvalue weighted by molar-refractivity contribution is 1.06. The van der Waals surface area contributed by atoms with Crippen molar-refractivity contribution in [1.82, 2.24) is 15.0 Å². The molecule has 0 unspecified atom stereocenters. The van der Waals surface area contributed by atoms with Crippen molar-refractivity contribution >= 4 is 32.8 Å². The number of aromatic nitrogens is 3. The van der Waals surface area contributed by atoms with Gasteiger partial charge in [-0.1, -0.05) is 0 Å². The second-order valence-electron chi connectivity index (χ2n) is 2.95. The Hall–Kier alpha value is -1.10. The molecule has 2 rings (SSSR count). The number of halogens is 1. The molecule has 0 aliphatic carbocycles. The van der Waals surface area contributed by atoms with Crippen LogP contribution in [0.15, 0.2) is 17.0 Å². The molecule has 0 aliphatic heterocycles. The van der Waals surface area contributed by atoms with E-state index in [1.165, 1.54) is 0 Å². The van der Waals surface area contributed by atoms with E-state index >= 15 is 0 Å². The van der Waals surface area contributed by atoms with Crippen LogP contribution in [0.5, 0.6) is 0 Å². The molecule has 0 aliphatic rings. The van der Waals surface area contributed by atoms with Crippen LogP contribution in [-0.4, -0.2) is 29.0 Å². The standard InChI is InChI=1S/C8H9BrN4/c1-13(2)8-6-5(9)3-10-7(6)11-4-12-8/h3-4H,1-2H3,(H,10,11,12). The smallest absolute Gasteiger partial charge is 0.144 e. The van der Waals surface area contributed by atoms with Crippen LogP contribution in [0, 0.1) is 0 Å². The molecule has 0 aromatic carbocycles. The van der Waals surface area contributed by atoms with Crippen LogP contribution in [0.25, 0.3) is 11.0 Å². The highest BCUT2D eigenvalue weighted by atomic mass is 79.9. The van der Waals surface area contributed by atoms with Crippen molar-refractivity contribution in [2.45, 2.75) is 0 Å². The molecule has 4 nitrogen and oxygen atoms in total. The zero-order valence-electron chi connectivity index (χ0n) is 7.37. The normalized spacial score (nSPS) is 10.7. The third-order valence-electron chi connectivity index (χ3n) is 1.83. The number of nitrogens with one attached hydrogen (secondary N) is 1. The van der Waals surface area contributed by atoms with Crippen molar-refractivity contribution in [3.05, 3.63) is 17.0 Å². The summed E-state index contributed by atoms with van der Waals surface area (Å²) in [6.45, 7) is 0. The van der Waals surface area contributed by atoms with Crippen LogP contribution < -0.4 is 4.90 Å². The minimum absolute atomic E-state index is 0.852. The maximum atomic E-state index is 4.20. The highest BCUT2D eigenvalue weighted by Crippen LogP contribution is 2.28. The highest BCUT2D eigenvalue weighted by Gasteiger charge is 2.09. The fourth-order valence-corrected chi connectivity index (χ4v) is 1.73. The van der Waals surface area contributed by atoms with Gasteiger partial charge >= 0.3 is 0 Å². The molecule has 0 saturated carbocycles. The number of hydrogen-bond acceptors (Lipinski definition) is 3. The summed E-state index contributed by atoms with van der Waals surface area (Å²) in [4.78, 5) is 13.3. The zero-order chi connectivity index (χ0) is 9.42. The number of aromatic amines is 1. The van der Waals surface area contributed by atoms with Gasteiger partial charge in [0, 0.05) is 24.8 Å². The Morgan fingerprint density at radius 1 is 1.38 bits per heavy atom. The molecular formula is C8H9BrN4. The molecule has 0 amide bonds. The number of hydrogen-bond donors (Lipinski definition) is 1. The molecule has 0 fully saturated rings. The number of rotatable bonds is 1. The molecule has 0 saturated heterocycles. The topological polar surface area (TPSA) is 44.8 Å². The van der Waals surface area contributed by atoms with Crippen LogP contribution in [0.4, 0.5) is 5.82 Å². The Kier molecular flexibility index (Phi) is 1.95. The second kappa shape index (κ2) is 2.99. The molecule has 0 bridgehead atoms. The van der Waals surface area contributed by atoms with Gasteiger partial charge in [0.2, 0.25) is 0 Å². The zero-order valence-corrected chi connectivity index (χ0v) is 8.96. The quantitative estimate of drug-likeness (QED) is 0.827. The van der Waals surface area contributed by atoms with Gasteiger partial charge in [-0.15, -0.1) is 0 Å². The van der Waals surface area contributed by atoms with Crippen molar-refractivity contribution in [3.8, 4) is 0 Å². The minimum atomic E-state index is 0.852. The van der Waals surface area contributed by atoms with E-state index in [2.05, 4.69) is 30.9 Å². The summed E-state index contributed by atoms with van der Waals surface area (Å²) in [5.41, 5.74) is 0.852. The van der Waals surface area contributed by atoms with Crippen LogP contribution in [0.1, 0.15) is 0 Å². The Morgan fingerprint density at radius 3 is 2.85 bits per heavy atom. The predicted molar refractivity (Wildman–Crippen MR) is 55.9 cm³/mol. The first-order valence-electron chi connectivity index (χ1n) is 3.85. The van der Waals surface area contributed by atoms with Crippen LogP contribution in [0.2, 0.25) is 0 Å². The van der Waals surface area contributed by atoms with E-state index in [9.17, 15) is 0 Å². The third-order valence-corrected chi connectivity index (χ3v) is 2.45. The molecule has 2 aromatic heterocycles. The lowest BCUT2D eigenvalue weighted by Crippen LogP contribution is -2.11. The van der Waals surface area contributed by atoms with Gasteiger partial charge in [0.05, 0.1) is 5.39 Å². The fraction of sp³-hybridized carbons (Fsp3) is 0.250. The number of anilines is 1. The van der Waals surface area contributed by atoms with E-state index in [-0.39, 0.29) is 0 Å². The largest absolute Gasteiger partial charge is 0.362 e. The van der Waals surface area contributed by atoms with Crippen LogP contribution >= 0.6 is 15.9 Å². The Balaban J connectivity index is 2.80. The van der Waals surface area contributed by atoms with Crippen molar-refractivity contribution in [3.63, 3.8) is 0 Å². The van der Waals surface area contributed by atoms with E-state index in [4.69, 9.17) is 0 Å². The van der Waals surface area contributed by atoms with E-state index in [1.807, 2.05) is 25.2 Å². The van der Waals surface area contributed by atoms with Gasteiger partial charge in [0.25, 0.3) is 0 Å². The summed E-state index contributed by atoms with van der Waals surface area (Å²) < 4.78 is 0.992. The molecule has 68 valence electrons. The monoisotopic (exact) mass is 240 g/mol. The summed E-state index contributed by atoms with van der Waals surface area (Å²) >= 11 is 3.45. The number of fused-ring (bicyclic) bond motifs is 1. The molecule has 0 spiro atoms. The Morgan fingerprint density at radius 2 is 2.15 bits per heavy atom. The van der Waals surface area contributed by atoms with Gasteiger partial charge in [-0.05, 0) is 15.9 Å². The van der Waals surface area contributed by atoms with Gasteiger partial charge in [-0.25, -0.2) is 9.97 Å². The van der Waals surface area contributed by atoms with Crippen molar-refractivity contribution in [2.75, 3.05) is 19.0 Å². The minimum Gasteiger partial charge on any atom is -0.362 e. The van der Waals surface area contributed by atoms with Gasteiger partial charge in [0.1, 0.15) is 17.8 Å². The summed E-state index contributed by atoms with van der Waals surface area (Å²) in [5, 5.41) is 1.02. The molecule has 13 heavy (non-hydrogen) atoms. The molecule has 0 atom stereocenters. The fourth-order valence-electron chi connectivity index (χ4n) is 1.25. The average Bonchev–Trinajstić information content (AvgIpc) is 2.48. The third kappa shape index (κ3) is 1.29. The second-order valence-corrected chi connectivity index (χ2v) is 3.81. The predicted octanol–water partition coefficient (Wildman–Crippen LogP) is 1.79. The summed E-state index contributed by atoms with van der Waals surface area (Å²) in [5.74, 6) is 0.915. The molecule has 2 heterocycles. The van der Waals surface area contributed by atoms with Crippen LogP contribution in [0.3, 0.4) is 0 Å². The first kappa shape index (κ1) is 8.50. The van der Waals surface area contributed by atoms with E-state index in [1.54, 1.807) is 6.33 Å². The Labute approximate surface area is 84.1 Å². The number of H-pyrrole nitrogens is 1. The van der Waals surface area contributed by atoms with Gasteiger partial charge in [-0.2, -0.15) is 0 Å². The molecule has 5 heteroatoms. The molecule has 0 radical (unpaired) electrons. The van der Waals surface area contributed by atoms with E-state index in [0.717, 1.165) is 21.3 Å². The van der Waals surface area contributed by atoms with Crippen LogP contribution in [-0.2, 0) is 0 Å². The maximum Gasteiger partial charge on any atom is 0.144 e. The highest BCUT2D eigenvalue weighted by molar-refractivity contribution is 9.10. The average molecular weight is 241 g/mol. The molecule has 2 aromatic rings. The van der Waals surface area contributed by atoms with Gasteiger partial charge < -0.3 is 9.88 Å². The maximum absolute atomic E-state index is 4.20. The first-order valence-corrected chi connectivity index (χ1v) is 4.64. The molecule has 1 N–H and O–H groups in total. The summed E-state index contributed by atoms with van der Waals surface area (Å²) in [6, 6.07) is 0. The lowest BCUT2D eigenvalue weighted by Gasteiger charge is -2.11. The lowest BCUT2D eigenvalue weighted by atomic mass is 10.3. The summed E-state index contributed by atoms with van der Waals surface area (Å²) in [6.07, 6.45) is 3.42. The van der Waals surface area contributed by atoms with E-state index < -0.39 is 0 Å². The van der Waals surface area contributed by atoms with E-state index in [0.29, 0.717) is 0 Å². The van der Waals surface area contributed by atoms with Crippen molar-refractivity contribution < 1.29 is 0 Å².